The molecule has 1 rings (SSSR count). The van der Waals surface area contributed by atoms with Gasteiger partial charge in [-0.3, -0.25) is 0 Å². The highest BCUT2D eigenvalue weighted by molar-refractivity contribution is 14.1. The molecule has 0 saturated carbocycles. The highest BCUT2D eigenvalue weighted by Gasteiger charge is 2.44. The van der Waals surface area contributed by atoms with Gasteiger partial charge in [0.15, 0.2) is 9.84 Å². The van der Waals surface area contributed by atoms with E-state index in [9.17, 15) is 17.9 Å². The van der Waals surface area contributed by atoms with E-state index in [-0.39, 0.29) is 5.56 Å². The fraction of sp³-hybridized carbons (Fsp3) is 0.333. The van der Waals surface area contributed by atoms with Crippen molar-refractivity contribution in [3.8, 4) is 0 Å². The third-order valence-corrected chi connectivity index (χ3v) is 8.41. The standard InChI is InChI=1S/C9H9BrFIO3S/c1-16(14,15)9(10,12)8(13)6-4-2-3-5-7(6)11/h2-5,8,13H,1H3. The van der Waals surface area contributed by atoms with E-state index < -0.39 is 23.4 Å². The maximum absolute atomic E-state index is 13.4. The largest absolute Gasteiger partial charge is 0.385 e. The zero-order valence-electron chi connectivity index (χ0n) is 8.19. The molecule has 0 amide bonds. The number of hydrogen-bond donors (Lipinski definition) is 1. The minimum absolute atomic E-state index is 0.0563. The number of rotatable bonds is 3. The van der Waals surface area contributed by atoms with Crippen LogP contribution in [0.3, 0.4) is 0 Å². The molecule has 1 aromatic rings. The normalized spacial score (nSPS) is 17.8. The summed E-state index contributed by atoms with van der Waals surface area (Å²) in [6.07, 6.45) is -0.512. The Bertz CT molecular complexity index is 489. The molecular formula is C9H9BrFIO3S. The van der Waals surface area contributed by atoms with Crippen molar-refractivity contribution < 1.29 is 17.9 Å². The summed E-state index contributed by atoms with van der Waals surface area (Å²) in [6, 6.07) is 5.51. The van der Waals surface area contributed by atoms with E-state index in [2.05, 4.69) is 15.9 Å². The summed E-state index contributed by atoms with van der Waals surface area (Å²) in [7, 11) is -3.58. The fourth-order valence-corrected chi connectivity index (χ4v) is 2.20. The lowest BCUT2D eigenvalue weighted by molar-refractivity contribution is 0.186. The molecule has 0 aliphatic carbocycles. The topological polar surface area (TPSA) is 54.4 Å². The first-order valence-corrected chi connectivity index (χ1v) is 7.94. The summed E-state index contributed by atoms with van der Waals surface area (Å²) in [4.78, 5) is 0. The molecule has 0 bridgehead atoms. The summed E-state index contributed by atoms with van der Waals surface area (Å²) < 4.78 is 34.6. The second kappa shape index (κ2) is 4.87. The van der Waals surface area contributed by atoms with Gasteiger partial charge in [0.05, 0.1) is 0 Å². The molecule has 1 N–H and O–H groups in total. The molecule has 0 radical (unpaired) electrons. The molecule has 0 saturated heterocycles. The number of sulfone groups is 1. The first kappa shape index (κ1) is 14.3. The lowest BCUT2D eigenvalue weighted by Gasteiger charge is -2.25. The van der Waals surface area contributed by atoms with Gasteiger partial charge in [-0.2, -0.15) is 0 Å². The quantitative estimate of drug-likeness (QED) is 0.601. The van der Waals surface area contributed by atoms with E-state index in [1.807, 2.05) is 0 Å². The first-order chi connectivity index (χ1) is 7.18. The van der Waals surface area contributed by atoms with Crippen molar-refractivity contribution in [2.45, 2.75) is 7.77 Å². The van der Waals surface area contributed by atoms with Crippen molar-refractivity contribution >= 4 is 48.4 Å². The Balaban J connectivity index is 3.23. The zero-order chi connectivity index (χ0) is 12.6. The van der Waals surface area contributed by atoms with Crippen molar-refractivity contribution in [2.24, 2.45) is 0 Å². The van der Waals surface area contributed by atoms with Crippen LogP contribution in [0.15, 0.2) is 24.3 Å². The fourth-order valence-electron chi connectivity index (χ4n) is 1.08. The molecule has 0 aliphatic rings. The number of benzene rings is 1. The van der Waals surface area contributed by atoms with Crippen LogP contribution in [0, 0.1) is 5.82 Å². The summed E-state index contributed by atoms with van der Waals surface area (Å²) in [5.74, 6) is -0.640. The van der Waals surface area contributed by atoms with E-state index >= 15 is 0 Å². The second-order valence-electron chi connectivity index (χ2n) is 3.26. The predicted molar refractivity (Wildman–Crippen MR) is 71.9 cm³/mol. The summed E-state index contributed by atoms with van der Waals surface area (Å²) in [6.45, 7) is 0. The van der Waals surface area contributed by atoms with Crippen LogP contribution in [0.4, 0.5) is 4.39 Å². The lowest BCUT2D eigenvalue weighted by Crippen LogP contribution is -2.31. The third kappa shape index (κ3) is 2.74. The van der Waals surface area contributed by atoms with Gasteiger partial charge in [0.1, 0.15) is 11.9 Å². The molecule has 0 spiro atoms. The molecule has 3 nitrogen and oxygen atoms in total. The molecule has 2 atom stereocenters. The highest BCUT2D eigenvalue weighted by atomic mass is 127. The molecule has 0 fully saturated rings. The maximum Gasteiger partial charge on any atom is 0.206 e. The van der Waals surface area contributed by atoms with Crippen LogP contribution in [-0.4, -0.2) is 21.4 Å². The van der Waals surface area contributed by atoms with Crippen molar-refractivity contribution in [1.29, 1.82) is 0 Å². The second-order valence-corrected chi connectivity index (χ2v) is 11.1. The van der Waals surface area contributed by atoms with Gasteiger partial charge in [-0.05, 0) is 28.7 Å². The number of alkyl halides is 2. The van der Waals surface area contributed by atoms with Crippen LogP contribution >= 0.6 is 38.5 Å². The first-order valence-electron chi connectivity index (χ1n) is 4.18. The Kier molecular flexibility index (Phi) is 4.36. The average Bonchev–Trinajstić information content (AvgIpc) is 2.15. The van der Waals surface area contributed by atoms with Gasteiger partial charge in [-0.25, -0.2) is 12.8 Å². The van der Waals surface area contributed by atoms with Crippen molar-refractivity contribution in [1.82, 2.24) is 0 Å². The Hall–Kier alpha value is 0.270. The number of aliphatic hydroxyl groups excluding tert-OH is 1. The van der Waals surface area contributed by atoms with Gasteiger partial charge in [0.25, 0.3) is 0 Å². The number of aliphatic hydroxyl groups is 1. The van der Waals surface area contributed by atoms with Crippen LogP contribution in [0.2, 0.25) is 0 Å². The monoisotopic (exact) mass is 422 g/mol. The molecule has 0 heterocycles. The molecule has 90 valence electrons. The Morgan fingerprint density at radius 2 is 2.00 bits per heavy atom. The molecule has 0 aromatic heterocycles. The maximum atomic E-state index is 13.4. The molecule has 1 aromatic carbocycles. The predicted octanol–water partition coefficient (Wildman–Crippen LogP) is 2.39. The van der Waals surface area contributed by atoms with Crippen LogP contribution in [0.1, 0.15) is 11.7 Å². The van der Waals surface area contributed by atoms with E-state index in [4.69, 9.17) is 0 Å². The minimum atomic E-state index is -3.58. The lowest BCUT2D eigenvalue weighted by atomic mass is 10.1. The highest BCUT2D eigenvalue weighted by Crippen LogP contribution is 2.44. The van der Waals surface area contributed by atoms with Gasteiger partial charge in [0.2, 0.25) is 1.66 Å². The summed E-state index contributed by atoms with van der Waals surface area (Å²) in [5, 5.41) is 9.89. The van der Waals surface area contributed by atoms with Gasteiger partial charge in [0, 0.05) is 11.8 Å². The van der Waals surface area contributed by atoms with E-state index in [1.165, 1.54) is 24.3 Å². The third-order valence-electron chi connectivity index (χ3n) is 2.01. The molecule has 2 unspecified atom stereocenters. The molecule has 0 aliphatic heterocycles. The van der Waals surface area contributed by atoms with E-state index in [1.54, 1.807) is 22.6 Å². The Morgan fingerprint density at radius 3 is 2.44 bits per heavy atom. The van der Waals surface area contributed by atoms with Crippen molar-refractivity contribution in [3.63, 3.8) is 0 Å². The SMILES string of the molecule is CS(=O)(=O)C(Br)(I)C(O)c1ccccc1F. The van der Waals surface area contributed by atoms with E-state index in [0.29, 0.717) is 0 Å². The molecule has 16 heavy (non-hydrogen) atoms. The molecular weight excluding hydrogens is 414 g/mol. The van der Waals surface area contributed by atoms with Crippen LogP contribution in [0.25, 0.3) is 0 Å². The minimum Gasteiger partial charge on any atom is -0.385 e. The number of halogens is 3. The van der Waals surface area contributed by atoms with E-state index in [0.717, 1.165) is 6.26 Å². The van der Waals surface area contributed by atoms with Crippen molar-refractivity contribution in [2.75, 3.05) is 6.26 Å². The van der Waals surface area contributed by atoms with Crippen LogP contribution in [0.5, 0.6) is 0 Å². The zero-order valence-corrected chi connectivity index (χ0v) is 12.8. The Morgan fingerprint density at radius 1 is 1.50 bits per heavy atom. The summed E-state index contributed by atoms with van der Waals surface area (Å²) in [5.41, 5.74) is -0.0563. The van der Waals surface area contributed by atoms with Gasteiger partial charge < -0.3 is 5.11 Å². The smallest absolute Gasteiger partial charge is 0.206 e. The van der Waals surface area contributed by atoms with Crippen molar-refractivity contribution in [3.05, 3.63) is 35.6 Å². The summed E-state index contributed by atoms with van der Waals surface area (Å²) >= 11 is 4.46. The Labute approximate surface area is 115 Å². The average molecular weight is 423 g/mol. The van der Waals surface area contributed by atoms with Gasteiger partial charge in [-0.1, -0.05) is 34.1 Å². The van der Waals surface area contributed by atoms with Gasteiger partial charge in [-0.15, -0.1) is 0 Å². The van der Waals surface area contributed by atoms with Crippen LogP contribution in [-0.2, 0) is 9.84 Å². The number of hydrogen-bond acceptors (Lipinski definition) is 3. The van der Waals surface area contributed by atoms with Gasteiger partial charge >= 0.3 is 0 Å². The molecule has 7 heteroatoms. The van der Waals surface area contributed by atoms with Crippen LogP contribution < -0.4 is 0 Å².